The highest BCUT2D eigenvalue weighted by molar-refractivity contribution is 7.91. The Morgan fingerprint density at radius 3 is 1.31 bits per heavy atom. The normalized spacial score (nSPS) is 13.4. The molecule has 3 aliphatic heterocycles. The van der Waals surface area contributed by atoms with Crippen molar-refractivity contribution in [3.8, 4) is 6.07 Å². The van der Waals surface area contributed by atoms with Crippen LogP contribution in [0.2, 0.25) is 0 Å². The Hall–Kier alpha value is -7.86. The van der Waals surface area contributed by atoms with Crippen molar-refractivity contribution in [2.24, 2.45) is 0 Å². The maximum Gasteiger partial charge on any atom is 0.206 e. The highest BCUT2D eigenvalue weighted by atomic mass is 32.2. The molecule has 12 rings (SSSR count). The van der Waals surface area contributed by atoms with E-state index < -0.39 is 9.84 Å². The third-order valence-electron chi connectivity index (χ3n) is 11.8. The average Bonchev–Trinajstić information content (AvgIpc) is 3.29. The van der Waals surface area contributed by atoms with Gasteiger partial charge >= 0.3 is 0 Å². The minimum Gasteiger partial charge on any atom is -0.306 e. The third kappa shape index (κ3) is 4.65. The number of sulfone groups is 1. The molecule has 0 spiro atoms. The summed E-state index contributed by atoms with van der Waals surface area (Å²) < 4.78 is 27.9. The van der Waals surface area contributed by atoms with Gasteiger partial charge in [0.25, 0.3) is 0 Å². The van der Waals surface area contributed by atoms with Gasteiger partial charge in [0.1, 0.15) is 0 Å². The molecule has 0 aliphatic carbocycles. The molecule has 0 amide bonds. The van der Waals surface area contributed by atoms with Crippen molar-refractivity contribution in [2.75, 3.05) is 19.6 Å². The van der Waals surface area contributed by atoms with E-state index in [1.807, 2.05) is 12.1 Å². The van der Waals surface area contributed by atoms with E-state index in [4.69, 9.17) is 0 Å². The summed E-state index contributed by atoms with van der Waals surface area (Å²) in [4.78, 5) is 9.91. The van der Waals surface area contributed by atoms with Crippen molar-refractivity contribution < 1.29 is 8.42 Å². The lowest BCUT2D eigenvalue weighted by Gasteiger charge is -2.52. The Balaban J connectivity index is 1.20. The monoisotopic (exact) mass is 777 g/mol. The molecule has 8 heteroatoms. The molecular weight excluding hydrogens is 747 g/mol. The van der Waals surface area contributed by atoms with E-state index in [1.165, 1.54) is 24.3 Å². The molecule has 0 fully saturated rings. The molecule has 278 valence electrons. The van der Waals surface area contributed by atoms with Gasteiger partial charge in [-0.1, -0.05) is 91.0 Å². The predicted molar refractivity (Wildman–Crippen MR) is 237 cm³/mol. The fraction of sp³-hybridized carbons (Fsp3) is 0. The molecule has 0 saturated heterocycles. The topological polar surface area (TPSA) is 70.9 Å². The SMILES string of the molecule is N#Cc1ccc(S(=O)(=O)c2ccc(N3c4cc5ccccc5c5c4N4c6c(cccc6N(c6ccccc6)c6c4c3cc3ccccc63)N5c3ccccc3)cc2)cc1. The summed E-state index contributed by atoms with van der Waals surface area (Å²) in [6.45, 7) is 0. The maximum atomic E-state index is 13.9. The molecule has 0 bridgehead atoms. The van der Waals surface area contributed by atoms with Gasteiger partial charge in [-0.15, -0.1) is 0 Å². The number of rotatable bonds is 5. The van der Waals surface area contributed by atoms with E-state index in [2.05, 4.69) is 165 Å². The van der Waals surface area contributed by atoms with Crippen molar-refractivity contribution in [1.29, 1.82) is 5.26 Å². The van der Waals surface area contributed by atoms with E-state index in [0.29, 0.717) is 5.56 Å². The molecule has 3 heterocycles. The van der Waals surface area contributed by atoms with Gasteiger partial charge in [-0.25, -0.2) is 8.42 Å². The Morgan fingerprint density at radius 2 is 0.814 bits per heavy atom. The largest absolute Gasteiger partial charge is 0.306 e. The first-order valence-corrected chi connectivity index (χ1v) is 20.9. The number of benzene rings is 9. The molecule has 9 aromatic carbocycles. The van der Waals surface area contributed by atoms with Gasteiger partial charge in [0.15, 0.2) is 0 Å². The second-order valence-electron chi connectivity index (χ2n) is 14.9. The summed E-state index contributed by atoms with van der Waals surface area (Å²) in [7, 11) is -3.86. The number of nitriles is 1. The van der Waals surface area contributed by atoms with Gasteiger partial charge in [0.2, 0.25) is 9.84 Å². The lowest BCUT2D eigenvalue weighted by atomic mass is 9.90. The van der Waals surface area contributed by atoms with Crippen molar-refractivity contribution in [3.63, 3.8) is 0 Å². The molecule has 0 N–H and O–H groups in total. The fourth-order valence-electron chi connectivity index (χ4n) is 9.24. The Kier molecular flexibility index (Phi) is 6.95. The number of hydrogen-bond acceptors (Lipinski definition) is 7. The second kappa shape index (κ2) is 12.3. The predicted octanol–water partition coefficient (Wildman–Crippen LogP) is 13.5. The van der Waals surface area contributed by atoms with Crippen molar-refractivity contribution in [3.05, 3.63) is 194 Å². The maximum absolute atomic E-state index is 13.9. The second-order valence-corrected chi connectivity index (χ2v) is 16.9. The first-order chi connectivity index (χ1) is 29.0. The summed E-state index contributed by atoms with van der Waals surface area (Å²) in [5.74, 6) is 0. The fourth-order valence-corrected chi connectivity index (χ4v) is 10.5. The van der Waals surface area contributed by atoms with Crippen LogP contribution in [0.1, 0.15) is 5.56 Å². The van der Waals surface area contributed by atoms with Crippen molar-refractivity contribution in [2.45, 2.75) is 9.79 Å². The average molecular weight is 778 g/mol. The lowest BCUT2D eigenvalue weighted by molar-refractivity contribution is 0.596. The number of anilines is 12. The van der Waals surface area contributed by atoms with Gasteiger partial charge < -0.3 is 14.7 Å². The summed E-state index contributed by atoms with van der Waals surface area (Å²) in [6.07, 6.45) is 0. The van der Waals surface area contributed by atoms with Gasteiger partial charge in [0.05, 0.1) is 72.6 Å². The standard InChI is InChI=1S/C51H31N5O2S/c52-32-33-22-26-39(27-23-33)59(57,58)40-28-24-38(25-29-40)53-45-30-34-12-7-9-18-41(34)47-50(45)56-49-43(54(47)36-14-3-1-4-15-36)20-11-21-44(49)55(37-16-5-2-6-17-37)48-42-19-10-8-13-35(42)31-46(53)51(48)56/h1-31H. The molecule has 0 radical (unpaired) electrons. The van der Waals surface area contributed by atoms with Crippen LogP contribution in [0.4, 0.5) is 68.2 Å². The summed E-state index contributed by atoms with van der Waals surface area (Å²) in [5.41, 5.74) is 12.7. The Labute approximate surface area is 341 Å². The molecule has 0 saturated carbocycles. The zero-order chi connectivity index (χ0) is 39.4. The summed E-state index contributed by atoms with van der Waals surface area (Å²) in [6, 6.07) is 64.7. The summed E-state index contributed by atoms with van der Waals surface area (Å²) in [5, 5.41) is 13.7. The van der Waals surface area contributed by atoms with E-state index in [1.54, 1.807) is 12.1 Å². The molecule has 0 unspecified atom stereocenters. The zero-order valence-electron chi connectivity index (χ0n) is 31.4. The summed E-state index contributed by atoms with van der Waals surface area (Å²) >= 11 is 0. The van der Waals surface area contributed by atoms with Crippen LogP contribution in [0.5, 0.6) is 0 Å². The first-order valence-electron chi connectivity index (χ1n) is 19.4. The first kappa shape index (κ1) is 33.3. The van der Waals surface area contributed by atoms with Crippen LogP contribution in [-0.2, 0) is 9.84 Å². The smallest absolute Gasteiger partial charge is 0.206 e. The number of para-hydroxylation sites is 3. The lowest BCUT2D eigenvalue weighted by Crippen LogP contribution is -2.35. The molecule has 0 aromatic heterocycles. The zero-order valence-corrected chi connectivity index (χ0v) is 32.2. The highest BCUT2D eigenvalue weighted by Crippen LogP contribution is 2.71. The Morgan fingerprint density at radius 1 is 0.373 bits per heavy atom. The number of hydrogen-bond donors (Lipinski definition) is 0. The van der Waals surface area contributed by atoms with Crippen LogP contribution in [0.25, 0.3) is 21.5 Å². The van der Waals surface area contributed by atoms with Crippen LogP contribution >= 0.6 is 0 Å². The third-order valence-corrected chi connectivity index (χ3v) is 13.5. The van der Waals surface area contributed by atoms with Crippen LogP contribution in [0, 0.1) is 11.3 Å². The van der Waals surface area contributed by atoms with Crippen LogP contribution in [0.15, 0.2) is 198 Å². The molecule has 3 aliphatic rings. The minimum absolute atomic E-state index is 0.140. The van der Waals surface area contributed by atoms with Crippen LogP contribution in [-0.4, -0.2) is 8.42 Å². The molecule has 0 atom stereocenters. The van der Waals surface area contributed by atoms with Crippen molar-refractivity contribution >= 4 is 99.6 Å². The molecule has 9 aromatic rings. The van der Waals surface area contributed by atoms with Gasteiger partial charge in [-0.3, -0.25) is 4.90 Å². The molecule has 59 heavy (non-hydrogen) atoms. The minimum atomic E-state index is -3.86. The van der Waals surface area contributed by atoms with Gasteiger partial charge in [0, 0.05) is 27.8 Å². The molecular formula is C51H31N5O2S. The van der Waals surface area contributed by atoms with E-state index in [-0.39, 0.29) is 9.79 Å². The van der Waals surface area contributed by atoms with Gasteiger partial charge in [-0.2, -0.15) is 5.26 Å². The van der Waals surface area contributed by atoms with Crippen LogP contribution in [0.3, 0.4) is 0 Å². The highest BCUT2D eigenvalue weighted by Gasteiger charge is 2.47. The van der Waals surface area contributed by atoms with Gasteiger partial charge in [-0.05, 0) is 108 Å². The quantitative estimate of drug-likeness (QED) is 0.172. The van der Waals surface area contributed by atoms with E-state index in [0.717, 1.165) is 89.8 Å². The van der Waals surface area contributed by atoms with Crippen molar-refractivity contribution in [1.82, 2.24) is 0 Å². The van der Waals surface area contributed by atoms with Crippen LogP contribution < -0.4 is 19.6 Å². The van der Waals surface area contributed by atoms with E-state index >= 15 is 0 Å². The Bertz CT molecular complexity index is 3210. The molecule has 7 nitrogen and oxygen atoms in total. The number of nitrogens with zero attached hydrogens (tertiary/aromatic N) is 5. The number of fused-ring (bicyclic) bond motifs is 4. The van der Waals surface area contributed by atoms with E-state index in [9.17, 15) is 13.7 Å².